The minimum atomic E-state index is 0. The first-order valence-corrected chi connectivity index (χ1v) is 6.51. The summed E-state index contributed by atoms with van der Waals surface area (Å²) in [6, 6.07) is 4.46. The molecular weight excluding hydrogens is 305 g/mol. The third-order valence-corrected chi connectivity index (χ3v) is 4.81. The smallest absolute Gasteiger partial charge is 0.0473 e. The van der Waals surface area contributed by atoms with Crippen molar-refractivity contribution < 1.29 is 36.9 Å². The minimum Gasteiger partial charge on any atom is -0.346 e. The SMILES string of the molecule is CCC[Si](CC)CC.[CH2-]C.[Tm]. The maximum Gasteiger partial charge on any atom is 0.0473 e. The van der Waals surface area contributed by atoms with Crippen LogP contribution in [0.1, 0.15) is 34.1 Å². The van der Waals surface area contributed by atoms with E-state index in [4.69, 9.17) is 0 Å². The van der Waals surface area contributed by atoms with Crippen molar-refractivity contribution in [2.24, 2.45) is 0 Å². The van der Waals surface area contributed by atoms with Crippen molar-refractivity contribution in [3.63, 3.8) is 0 Å². The Morgan fingerprint density at radius 1 is 1.00 bits per heavy atom. The number of rotatable bonds is 4. The standard InChI is InChI=1S/C7H17Si.C2H5.Tm/c1-4-7-8(5-2)6-3;1-2;/h4-7H2,1-3H3;1H2,2H3;/q;-1;. The van der Waals surface area contributed by atoms with E-state index >= 15 is 0 Å². The molecule has 0 aliphatic heterocycles. The van der Waals surface area contributed by atoms with E-state index in [1.807, 2.05) is 0 Å². The van der Waals surface area contributed by atoms with Gasteiger partial charge < -0.3 is 6.92 Å². The van der Waals surface area contributed by atoms with E-state index in [0.29, 0.717) is 0 Å². The topological polar surface area (TPSA) is 0 Å². The van der Waals surface area contributed by atoms with Crippen LogP contribution in [0.5, 0.6) is 0 Å². The molecule has 2 radical (unpaired) electrons. The Bertz CT molecular complexity index is 44.8. The predicted molar refractivity (Wildman–Crippen MR) is 52.8 cm³/mol. The molecule has 0 N–H and O–H groups in total. The van der Waals surface area contributed by atoms with E-state index in [1.54, 1.807) is 6.92 Å². The molecule has 0 fully saturated rings. The fourth-order valence-corrected chi connectivity index (χ4v) is 2.87. The number of hydrogen-bond donors (Lipinski definition) is 0. The van der Waals surface area contributed by atoms with Crippen LogP contribution in [0.3, 0.4) is 0 Å². The molecular formula is C9H22SiTm-. The zero-order valence-electron chi connectivity index (χ0n) is 8.31. The molecule has 11 heavy (non-hydrogen) atoms. The van der Waals surface area contributed by atoms with Gasteiger partial charge in [0.15, 0.2) is 0 Å². The van der Waals surface area contributed by atoms with Crippen LogP contribution >= 0.6 is 0 Å². The Hall–Kier alpha value is 1.45. The molecule has 2 heteroatoms. The third-order valence-electron chi connectivity index (χ3n) is 1.60. The predicted octanol–water partition coefficient (Wildman–Crippen LogP) is 3.77. The third kappa shape index (κ3) is 14.3. The fourth-order valence-electron chi connectivity index (χ4n) is 0.957. The molecule has 76 valence electrons. The van der Waals surface area contributed by atoms with Gasteiger partial charge in [-0.15, -0.1) is 0 Å². The van der Waals surface area contributed by atoms with Crippen LogP contribution in [0.4, 0.5) is 0 Å². The van der Waals surface area contributed by atoms with Crippen LogP contribution in [0.25, 0.3) is 0 Å². The molecule has 0 bridgehead atoms. The van der Waals surface area contributed by atoms with Gasteiger partial charge in [-0.3, -0.25) is 0 Å². The van der Waals surface area contributed by atoms with Crippen molar-refractivity contribution in [1.29, 1.82) is 0 Å². The van der Waals surface area contributed by atoms with Crippen molar-refractivity contribution in [3.05, 3.63) is 6.92 Å². The van der Waals surface area contributed by atoms with Gasteiger partial charge in [-0.05, 0) is 0 Å². The average molecular weight is 327 g/mol. The molecule has 0 spiro atoms. The second kappa shape index (κ2) is 17.5. The summed E-state index contributed by atoms with van der Waals surface area (Å²) in [5.74, 6) is 0. The quantitative estimate of drug-likeness (QED) is 0.545. The van der Waals surface area contributed by atoms with Crippen LogP contribution in [-0.4, -0.2) is 8.80 Å². The van der Waals surface area contributed by atoms with E-state index in [2.05, 4.69) is 27.7 Å². The van der Waals surface area contributed by atoms with Gasteiger partial charge in [-0.25, -0.2) is 0 Å². The summed E-state index contributed by atoms with van der Waals surface area (Å²) in [5.41, 5.74) is 0. The summed E-state index contributed by atoms with van der Waals surface area (Å²) in [6.07, 6.45) is 1.40. The Morgan fingerprint density at radius 3 is 1.45 bits per heavy atom. The zero-order chi connectivity index (χ0) is 8.41. The zero-order valence-corrected chi connectivity index (χ0v) is 11.1. The van der Waals surface area contributed by atoms with E-state index in [1.165, 1.54) is 24.6 Å². The van der Waals surface area contributed by atoms with Gasteiger partial charge in [0.2, 0.25) is 0 Å². The maximum absolute atomic E-state index is 3.25. The van der Waals surface area contributed by atoms with Crippen molar-refractivity contribution in [1.82, 2.24) is 0 Å². The summed E-state index contributed by atoms with van der Waals surface area (Å²) in [6.45, 7) is 11.9. The molecule has 0 aromatic rings. The van der Waals surface area contributed by atoms with Crippen molar-refractivity contribution in [2.45, 2.75) is 52.2 Å². The van der Waals surface area contributed by atoms with Gasteiger partial charge in [0, 0.05) is 45.7 Å². The largest absolute Gasteiger partial charge is 0.346 e. The fraction of sp³-hybridized carbons (Fsp3) is 0.889. The average Bonchev–Trinajstić information content (AvgIpc) is 2.04. The normalized spacial score (nSPS) is 8.18. The molecule has 0 aromatic carbocycles. The molecule has 0 aliphatic rings. The summed E-state index contributed by atoms with van der Waals surface area (Å²) in [7, 11) is 0.126. The minimum absolute atomic E-state index is 0. The van der Waals surface area contributed by atoms with Crippen LogP contribution < -0.4 is 0 Å². The summed E-state index contributed by atoms with van der Waals surface area (Å²) < 4.78 is 0. The first-order valence-electron chi connectivity index (χ1n) is 4.39. The van der Waals surface area contributed by atoms with Crippen LogP contribution in [0, 0.1) is 43.8 Å². The van der Waals surface area contributed by atoms with Gasteiger partial charge >= 0.3 is 0 Å². The molecule has 0 amide bonds. The van der Waals surface area contributed by atoms with Crippen molar-refractivity contribution in [2.75, 3.05) is 0 Å². The summed E-state index contributed by atoms with van der Waals surface area (Å²) in [4.78, 5) is 0. The van der Waals surface area contributed by atoms with Crippen molar-refractivity contribution >= 4 is 8.80 Å². The number of hydrogen-bond acceptors (Lipinski definition) is 0. The molecule has 0 heterocycles. The maximum atomic E-state index is 3.25. The van der Waals surface area contributed by atoms with E-state index < -0.39 is 0 Å². The first-order chi connectivity index (χ1) is 4.85. The van der Waals surface area contributed by atoms with E-state index in [0.717, 1.165) is 0 Å². The Labute approximate surface area is 104 Å². The van der Waals surface area contributed by atoms with Gasteiger partial charge in [-0.2, -0.15) is 6.92 Å². The molecule has 0 aliphatic carbocycles. The molecule has 0 rings (SSSR count). The first kappa shape index (κ1) is 18.3. The Kier molecular flexibility index (Phi) is 29.1. The van der Waals surface area contributed by atoms with E-state index in [9.17, 15) is 0 Å². The molecule has 0 nitrogen and oxygen atoms in total. The van der Waals surface area contributed by atoms with Crippen LogP contribution in [0.2, 0.25) is 18.1 Å². The second-order valence-electron chi connectivity index (χ2n) is 2.21. The molecule has 0 atom stereocenters. The van der Waals surface area contributed by atoms with Gasteiger partial charge in [-0.1, -0.05) is 45.3 Å². The van der Waals surface area contributed by atoms with Gasteiger partial charge in [0.1, 0.15) is 0 Å². The summed E-state index contributed by atoms with van der Waals surface area (Å²) in [5, 5.41) is 0. The molecule has 0 saturated carbocycles. The van der Waals surface area contributed by atoms with Crippen LogP contribution in [-0.2, 0) is 0 Å². The molecule has 0 saturated heterocycles. The van der Waals surface area contributed by atoms with Crippen LogP contribution in [0.15, 0.2) is 0 Å². The van der Waals surface area contributed by atoms with E-state index in [-0.39, 0.29) is 45.7 Å². The van der Waals surface area contributed by atoms with Crippen molar-refractivity contribution in [3.8, 4) is 0 Å². The second-order valence-corrected chi connectivity index (χ2v) is 5.62. The summed E-state index contributed by atoms with van der Waals surface area (Å²) >= 11 is 0. The van der Waals surface area contributed by atoms with Gasteiger partial charge in [0.25, 0.3) is 0 Å². The molecule has 0 unspecified atom stereocenters. The Balaban J connectivity index is -0.000000196. The monoisotopic (exact) mass is 327 g/mol. The van der Waals surface area contributed by atoms with Gasteiger partial charge in [0.05, 0.1) is 0 Å². The molecule has 0 aromatic heterocycles. The Morgan fingerprint density at radius 2 is 1.36 bits per heavy atom.